The van der Waals surface area contributed by atoms with Crippen molar-refractivity contribution in [2.45, 2.75) is 12.8 Å². The fourth-order valence-corrected chi connectivity index (χ4v) is 4.56. The largest absolute Gasteiger partial charge is 0.370 e. The smallest absolute Gasteiger partial charge is 0.255 e. The van der Waals surface area contributed by atoms with E-state index >= 15 is 4.39 Å². The highest BCUT2D eigenvalue weighted by Crippen LogP contribution is 2.34. The van der Waals surface area contributed by atoms with Crippen LogP contribution in [0.3, 0.4) is 0 Å². The summed E-state index contributed by atoms with van der Waals surface area (Å²) in [6.45, 7) is 1.86. The number of amides is 1. The Kier molecular flexibility index (Phi) is 7.25. The van der Waals surface area contributed by atoms with Crippen LogP contribution in [0, 0.1) is 22.5 Å². The van der Waals surface area contributed by atoms with Gasteiger partial charge in [0.2, 0.25) is 0 Å². The number of carbonyl (C=O) groups is 1. The predicted molar refractivity (Wildman–Crippen MR) is 138 cm³/mol. The quantitative estimate of drug-likeness (QED) is 0.313. The van der Waals surface area contributed by atoms with E-state index in [1.54, 1.807) is 21.9 Å². The summed E-state index contributed by atoms with van der Waals surface area (Å²) in [7, 11) is 0. The predicted octanol–water partition coefficient (Wildman–Crippen LogP) is 3.84. The van der Waals surface area contributed by atoms with E-state index in [9.17, 15) is 9.18 Å². The zero-order valence-electron chi connectivity index (χ0n) is 19.4. The molecule has 4 rings (SSSR count). The molecule has 2 aliphatic rings. The second-order valence-electron chi connectivity index (χ2n) is 8.56. The van der Waals surface area contributed by atoms with Gasteiger partial charge in [-0.25, -0.2) is 8.78 Å². The molecule has 0 bridgehead atoms. The van der Waals surface area contributed by atoms with Crippen molar-refractivity contribution >= 4 is 46.3 Å². The average Bonchev–Trinajstić information content (AvgIpc) is 2.87. The lowest BCUT2D eigenvalue weighted by Crippen LogP contribution is -2.39. The van der Waals surface area contributed by atoms with E-state index < -0.39 is 17.5 Å². The minimum absolute atomic E-state index is 0.0276. The van der Waals surface area contributed by atoms with Crippen molar-refractivity contribution in [1.82, 2.24) is 9.80 Å². The van der Waals surface area contributed by atoms with Crippen LogP contribution >= 0.6 is 11.6 Å². The molecule has 0 aliphatic carbocycles. The number of hydrogen-bond donors (Lipinski definition) is 5. The van der Waals surface area contributed by atoms with Gasteiger partial charge in [0.05, 0.1) is 10.7 Å². The third kappa shape index (κ3) is 5.18. The molecule has 0 radical (unpaired) electrons. The molecule has 0 unspecified atom stereocenters. The van der Waals surface area contributed by atoms with Crippen molar-refractivity contribution < 1.29 is 13.6 Å². The maximum atomic E-state index is 15.0. The fraction of sp³-hybridized carbons (Fsp3) is 0.240. The summed E-state index contributed by atoms with van der Waals surface area (Å²) >= 11 is 6.28. The average molecular weight is 514 g/mol. The first-order chi connectivity index (χ1) is 17.2. The first kappa shape index (κ1) is 25.2. The van der Waals surface area contributed by atoms with Crippen LogP contribution in [0.15, 0.2) is 42.5 Å². The fourth-order valence-electron chi connectivity index (χ4n) is 4.27. The molecule has 8 nitrogen and oxygen atoms in total. The molecule has 0 saturated heterocycles. The summed E-state index contributed by atoms with van der Waals surface area (Å²) in [6.07, 6.45) is 4.70. The van der Waals surface area contributed by atoms with E-state index in [1.807, 2.05) is 6.08 Å². The Balaban J connectivity index is 1.48. The van der Waals surface area contributed by atoms with Crippen LogP contribution in [0.25, 0.3) is 11.1 Å². The lowest BCUT2D eigenvalue weighted by Gasteiger charge is -2.27. The topological polar surface area (TPSA) is 135 Å². The van der Waals surface area contributed by atoms with Crippen LogP contribution in [-0.4, -0.2) is 53.8 Å². The molecule has 188 valence electrons. The lowest BCUT2D eigenvalue weighted by atomic mass is 9.97. The van der Waals surface area contributed by atoms with Gasteiger partial charge in [0.25, 0.3) is 5.91 Å². The maximum absolute atomic E-state index is 15.0. The Bertz CT molecular complexity index is 1310. The van der Waals surface area contributed by atoms with Gasteiger partial charge >= 0.3 is 0 Å². The molecule has 0 atom stereocenters. The van der Waals surface area contributed by atoms with Crippen LogP contribution < -0.4 is 16.8 Å². The molecule has 2 aromatic rings. The summed E-state index contributed by atoms with van der Waals surface area (Å²) in [6, 6.07) is 7.16. The van der Waals surface area contributed by atoms with Gasteiger partial charge in [-0.1, -0.05) is 35.9 Å². The van der Waals surface area contributed by atoms with Crippen molar-refractivity contribution in [1.29, 1.82) is 10.8 Å². The number of carbonyl (C=O) groups excluding carboxylic acids is 1. The van der Waals surface area contributed by atoms with E-state index in [1.165, 1.54) is 18.2 Å². The lowest BCUT2D eigenvalue weighted by molar-refractivity contribution is 0.102. The Labute approximate surface area is 212 Å². The van der Waals surface area contributed by atoms with Crippen LogP contribution in [0.4, 0.5) is 14.5 Å². The monoisotopic (exact) mass is 513 g/mol. The molecule has 7 N–H and O–H groups in total. The molecule has 2 heterocycles. The normalized spacial score (nSPS) is 15.8. The van der Waals surface area contributed by atoms with Gasteiger partial charge in [0.1, 0.15) is 5.82 Å². The Morgan fingerprint density at radius 1 is 0.917 bits per heavy atom. The summed E-state index contributed by atoms with van der Waals surface area (Å²) in [5, 5.41) is 17.3. The summed E-state index contributed by atoms with van der Waals surface area (Å²) in [5.41, 5.74) is 13.4. The van der Waals surface area contributed by atoms with Crippen molar-refractivity contribution in [2.75, 3.05) is 31.5 Å². The Morgan fingerprint density at radius 3 is 1.97 bits per heavy atom. The Hall–Kier alpha value is -3.92. The standard InChI is InChI=1S/C25H26ClF2N7O/c26-21-18(15-7-11-35(12-8-15)25(31)32)3-4-20(22(21)28)33-23(36)16-1-2-17(19(27)13-16)14-5-9-34(10-6-14)24(29)30/h1-5,7,13H,6,8-12H2,(H3,29,30)(H3,31,32)(H,33,36). The van der Waals surface area contributed by atoms with Crippen LogP contribution in [0.1, 0.15) is 34.3 Å². The van der Waals surface area contributed by atoms with Crippen LogP contribution in [-0.2, 0) is 0 Å². The SMILES string of the molecule is N=C(N)N1CC=C(c2ccc(C(=O)Nc3ccc(C4=CCN(C(=N)N)CC4)c(Cl)c3F)cc2F)CC1. The van der Waals surface area contributed by atoms with Gasteiger partial charge in [-0.15, -0.1) is 0 Å². The van der Waals surface area contributed by atoms with E-state index in [-0.39, 0.29) is 28.2 Å². The summed E-state index contributed by atoms with van der Waals surface area (Å²) in [5.74, 6) is -2.08. The summed E-state index contributed by atoms with van der Waals surface area (Å²) < 4.78 is 29.9. The van der Waals surface area contributed by atoms with Gasteiger partial charge in [0, 0.05) is 37.3 Å². The van der Waals surface area contributed by atoms with Gasteiger partial charge < -0.3 is 26.6 Å². The van der Waals surface area contributed by atoms with Gasteiger partial charge in [-0.2, -0.15) is 0 Å². The number of halogens is 3. The summed E-state index contributed by atoms with van der Waals surface area (Å²) in [4.78, 5) is 16.1. The molecule has 36 heavy (non-hydrogen) atoms. The van der Waals surface area contributed by atoms with E-state index in [0.29, 0.717) is 50.1 Å². The van der Waals surface area contributed by atoms with Crippen molar-refractivity contribution in [3.8, 4) is 0 Å². The highest BCUT2D eigenvalue weighted by molar-refractivity contribution is 6.33. The minimum Gasteiger partial charge on any atom is -0.370 e. The molecule has 0 spiro atoms. The minimum atomic E-state index is -0.781. The third-order valence-corrected chi connectivity index (χ3v) is 6.72. The highest BCUT2D eigenvalue weighted by Gasteiger charge is 2.21. The van der Waals surface area contributed by atoms with E-state index in [4.69, 9.17) is 33.9 Å². The number of benzene rings is 2. The van der Waals surface area contributed by atoms with Crippen molar-refractivity contribution in [3.05, 3.63) is 75.8 Å². The molecule has 0 saturated carbocycles. The number of rotatable bonds is 4. The number of guanidine groups is 2. The van der Waals surface area contributed by atoms with Crippen LogP contribution in [0.2, 0.25) is 5.02 Å². The molecular formula is C25H26ClF2N7O. The molecule has 2 aromatic carbocycles. The second-order valence-corrected chi connectivity index (χ2v) is 8.94. The molecule has 0 fully saturated rings. The van der Waals surface area contributed by atoms with Gasteiger partial charge in [-0.05, 0) is 47.8 Å². The van der Waals surface area contributed by atoms with E-state index in [0.717, 1.165) is 17.2 Å². The van der Waals surface area contributed by atoms with E-state index in [2.05, 4.69) is 5.32 Å². The zero-order chi connectivity index (χ0) is 26.0. The number of anilines is 1. The van der Waals surface area contributed by atoms with Crippen LogP contribution in [0.5, 0.6) is 0 Å². The molecule has 11 heteroatoms. The van der Waals surface area contributed by atoms with Crippen molar-refractivity contribution in [3.63, 3.8) is 0 Å². The second kappa shape index (κ2) is 10.4. The van der Waals surface area contributed by atoms with Gasteiger partial charge in [0.15, 0.2) is 17.7 Å². The first-order valence-electron chi connectivity index (χ1n) is 11.3. The Morgan fingerprint density at radius 2 is 1.47 bits per heavy atom. The number of hydrogen-bond acceptors (Lipinski definition) is 3. The van der Waals surface area contributed by atoms with Gasteiger partial charge in [-0.3, -0.25) is 15.6 Å². The number of nitrogens with zero attached hydrogens (tertiary/aromatic N) is 2. The molecule has 0 aromatic heterocycles. The number of nitrogens with one attached hydrogen (secondary N) is 3. The molecular weight excluding hydrogens is 488 g/mol. The first-order valence-corrected chi connectivity index (χ1v) is 11.7. The van der Waals surface area contributed by atoms with Crippen molar-refractivity contribution in [2.24, 2.45) is 11.5 Å². The molecule has 2 aliphatic heterocycles. The number of nitrogens with two attached hydrogens (primary N) is 2. The zero-order valence-corrected chi connectivity index (χ0v) is 20.1. The molecule has 1 amide bonds. The highest BCUT2D eigenvalue weighted by atomic mass is 35.5. The third-order valence-electron chi connectivity index (χ3n) is 6.35. The maximum Gasteiger partial charge on any atom is 0.255 e.